The number of nitrogens with one attached hydrogen (secondary N) is 1. The number of hydrogen-bond donors (Lipinski definition) is 2. The van der Waals surface area contributed by atoms with Crippen molar-refractivity contribution in [3.8, 4) is 28.0 Å². The molecule has 8 heteroatoms. The molecule has 1 amide bonds. The number of ether oxygens (including phenoxy) is 1. The first-order chi connectivity index (χ1) is 17.9. The summed E-state index contributed by atoms with van der Waals surface area (Å²) in [6.07, 6.45) is -0.113. The van der Waals surface area contributed by atoms with Crippen LogP contribution >= 0.6 is 0 Å². The maximum atomic E-state index is 13.2. The molecule has 0 saturated carbocycles. The van der Waals surface area contributed by atoms with Gasteiger partial charge in [0.25, 0.3) is 11.6 Å². The SMILES string of the molecule is COC(=O)CC(NC(=O)c1cc(-c2cccc([N+](=O)[O-])c2)ccc1O)c1ccc(-c2ccccc2)cc1. The Labute approximate surface area is 213 Å². The number of non-ortho nitro benzene ring substituents is 1. The van der Waals surface area contributed by atoms with Crippen molar-refractivity contribution in [3.05, 3.63) is 118 Å². The molecule has 4 rings (SSSR count). The van der Waals surface area contributed by atoms with E-state index < -0.39 is 22.8 Å². The van der Waals surface area contributed by atoms with E-state index in [2.05, 4.69) is 5.32 Å². The Morgan fingerprint density at radius 3 is 2.16 bits per heavy atom. The lowest BCUT2D eigenvalue weighted by Crippen LogP contribution is -2.30. The molecular weight excluding hydrogens is 472 g/mol. The van der Waals surface area contributed by atoms with E-state index in [1.54, 1.807) is 18.2 Å². The highest BCUT2D eigenvalue weighted by Crippen LogP contribution is 2.30. The number of amides is 1. The number of nitro benzene ring substituents is 1. The van der Waals surface area contributed by atoms with Crippen molar-refractivity contribution in [1.82, 2.24) is 5.32 Å². The van der Waals surface area contributed by atoms with Crippen LogP contribution in [0.15, 0.2) is 97.1 Å². The Balaban J connectivity index is 1.61. The number of nitrogens with zero attached hydrogens (tertiary/aromatic N) is 1. The maximum Gasteiger partial charge on any atom is 0.307 e. The molecule has 37 heavy (non-hydrogen) atoms. The second-order valence-electron chi connectivity index (χ2n) is 8.33. The van der Waals surface area contributed by atoms with Crippen LogP contribution < -0.4 is 5.32 Å². The molecule has 2 N–H and O–H groups in total. The molecule has 0 saturated heterocycles. The van der Waals surface area contributed by atoms with E-state index in [0.717, 1.165) is 11.1 Å². The topological polar surface area (TPSA) is 119 Å². The van der Waals surface area contributed by atoms with Gasteiger partial charge in [-0.05, 0) is 39.9 Å². The lowest BCUT2D eigenvalue weighted by molar-refractivity contribution is -0.384. The molecule has 0 aliphatic heterocycles. The summed E-state index contributed by atoms with van der Waals surface area (Å²) >= 11 is 0. The average molecular weight is 497 g/mol. The highest BCUT2D eigenvalue weighted by atomic mass is 16.6. The molecule has 186 valence electrons. The lowest BCUT2D eigenvalue weighted by atomic mass is 9.98. The first-order valence-electron chi connectivity index (χ1n) is 11.5. The number of phenolic OH excluding ortho intramolecular Hbond substituents is 1. The van der Waals surface area contributed by atoms with E-state index >= 15 is 0 Å². The van der Waals surface area contributed by atoms with Crippen LogP contribution in [0.3, 0.4) is 0 Å². The van der Waals surface area contributed by atoms with Crippen molar-refractivity contribution in [2.75, 3.05) is 7.11 Å². The minimum Gasteiger partial charge on any atom is -0.507 e. The van der Waals surface area contributed by atoms with E-state index in [1.165, 1.54) is 31.4 Å². The number of methoxy groups -OCH3 is 1. The number of esters is 1. The van der Waals surface area contributed by atoms with E-state index in [4.69, 9.17) is 4.74 Å². The van der Waals surface area contributed by atoms with E-state index in [0.29, 0.717) is 16.7 Å². The lowest BCUT2D eigenvalue weighted by Gasteiger charge is -2.19. The first kappa shape index (κ1) is 25.1. The van der Waals surface area contributed by atoms with Gasteiger partial charge < -0.3 is 15.2 Å². The fourth-order valence-electron chi connectivity index (χ4n) is 3.97. The fraction of sp³-hybridized carbons (Fsp3) is 0.103. The second-order valence-corrected chi connectivity index (χ2v) is 8.33. The van der Waals surface area contributed by atoms with E-state index in [-0.39, 0.29) is 23.4 Å². The summed E-state index contributed by atoms with van der Waals surface area (Å²) in [5.41, 5.74) is 3.62. The summed E-state index contributed by atoms with van der Waals surface area (Å²) in [5.74, 6) is -1.37. The van der Waals surface area contributed by atoms with Gasteiger partial charge in [0.15, 0.2) is 0 Å². The van der Waals surface area contributed by atoms with Gasteiger partial charge >= 0.3 is 5.97 Å². The van der Waals surface area contributed by atoms with Crippen molar-refractivity contribution >= 4 is 17.6 Å². The molecule has 0 aliphatic carbocycles. The van der Waals surface area contributed by atoms with Gasteiger partial charge in [0.2, 0.25) is 0 Å². The number of phenols is 1. The summed E-state index contributed by atoms with van der Waals surface area (Å²) < 4.78 is 4.82. The van der Waals surface area contributed by atoms with E-state index in [9.17, 15) is 24.8 Å². The monoisotopic (exact) mass is 496 g/mol. The van der Waals surface area contributed by atoms with Gasteiger partial charge in [-0.2, -0.15) is 0 Å². The summed E-state index contributed by atoms with van der Waals surface area (Å²) in [4.78, 5) is 36.0. The molecule has 1 unspecified atom stereocenters. The Kier molecular flexibility index (Phi) is 7.59. The largest absolute Gasteiger partial charge is 0.507 e. The van der Waals surface area contributed by atoms with Gasteiger partial charge in [-0.25, -0.2) is 0 Å². The molecule has 4 aromatic carbocycles. The number of benzene rings is 4. The van der Waals surface area contributed by atoms with Crippen LogP contribution in [0.25, 0.3) is 22.3 Å². The minimum absolute atomic E-state index is 0.0280. The van der Waals surface area contributed by atoms with Gasteiger partial charge in [-0.1, -0.05) is 72.8 Å². The quantitative estimate of drug-likeness (QED) is 0.184. The Bertz CT molecular complexity index is 1430. The highest BCUT2D eigenvalue weighted by Gasteiger charge is 2.22. The van der Waals surface area contributed by atoms with Crippen molar-refractivity contribution in [1.29, 1.82) is 0 Å². The van der Waals surface area contributed by atoms with Crippen molar-refractivity contribution < 1.29 is 24.4 Å². The van der Waals surface area contributed by atoms with Gasteiger partial charge in [0, 0.05) is 12.1 Å². The standard InChI is InChI=1S/C29H24N2O6/c1-37-28(33)18-26(21-12-10-20(11-13-21)19-6-3-2-4-7-19)30-29(34)25-17-23(14-15-27(25)32)22-8-5-9-24(16-22)31(35)36/h2-17,26,32H,18H2,1H3,(H,30,34). The zero-order chi connectivity index (χ0) is 26.4. The molecule has 0 radical (unpaired) electrons. The van der Waals surface area contributed by atoms with Crippen LogP contribution in [-0.4, -0.2) is 29.0 Å². The molecular formula is C29H24N2O6. The van der Waals surface area contributed by atoms with Gasteiger partial charge in [0.1, 0.15) is 5.75 Å². The highest BCUT2D eigenvalue weighted by molar-refractivity contribution is 5.98. The molecule has 8 nitrogen and oxygen atoms in total. The second kappa shape index (κ2) is 11.2. The molecule has 0 heterocycles. The summed E-state index contributed by atoms with van der Waals surface area (Å²) in [5, 5.41) is 24.4. The van der Waals surface area contributed by atoms with Crippen molar-refractivity contribution in [3.63, 3.8) is 0 Å². The van der Waals surface area contributed by atoms with Gasteiger partial charge in [-0.15, -0.1) is 0 Å². The van der Waals surface area contributed by atoms with Crippen LogP contribution in [0.2, 0.25) is 0 Å². The van der Waals surface area contributed by atoms with Crippen molar-refractivity contribution in [2.45, 2.75) is 12.5 Å². The number of hydrogen-bond acceptors (Lipinski definition) is 6. The van der Waals surface area contributed by atoms with Crippen LogP contribution in [0.4, 0.5) is 5.69 Å². The zero-order valence-corrected chi connectivity index (χ0v) is 20.0. The smallest absolute Gasteiger partial charge is 0.307 e. The van der Waals surface area contributed by atoms with Gasteiger partial charge in [-0.3, -0.25) is 19.7 Å². The van der Waals surface area contributed by atoms with Gasteiger partial charge in [0.05, 0.1) is 30.1 Å². The fourth-order valence-corrected chi connectivity index (χ4v) is 3.97. The van der Waals surface area contributed by atoms with E-state index in [1.807, 2.05) is 54.6 Å². The Hall–Kier alpha value is -4.98. The van der Waals surface area contributed by atoms with Crippen LogP contribution in [0.5, 0.6) is 5.75 Å². The molecule has 0 bridgehead atoms. The number of aromatic hydroxyl groups is 1. The minimum atomic E-state index is -0.717. The molecule has 0 aliphatic rings. The first-order valence-corrected chi connectivity index (χ1v) is 11.5. The molecule has 0 aromatic heterocycles. The third-order valence-corrected chi connectivity index (χ3v) is 5.96. The zero-order valence-electron chi connectivity index (χ0n) is 20.0. The predicted octanol–water partition coefficient (Wildman–Crippen LogP) is 5.67. The number of rotatable bonds is 8. The third-order valence-electron chi connectivity index (χ3n) is 5.96. The van der Waals surface area contributed by atoms with Crippen LogP contribution in [0.1, 0.15) is 28.4 Å². The molecule has 4 aromatic rings. The number of carbonyl (C=O) groups is 2. The molecule has 1 atom stereocenters. The molecule has 0 fully saturated rings. The molecule has 0 spiro atoms. The van der Waals surface area contributed by atoms with Crippen LogP contribution in [0, 0.1) is 10.1 Å². The average Bonchev–Trinajstić information content (AvgIpc) is 2.93. The number of nitro groups is 1. The Morgan fingerprint density at radius 2 is 1.49 bits per heavy atom. The summed E-state index contributed by atoms with van der Waals surface area (Å²) in [6.45, 7) is 0. The van der Waals surface area contributed by atoms with Crippen LogP contribution in [-0.2, 0) is 9.53 Å². The summed E-state index contributed by atoms with van der Waals surface area (Å²) in [6, 6.07) is 26.9. The maximum absolute atomic E-state index is 13.2. The van der Waals surface area contributed by atoms with Crippen molar-refractivity contribution in [2.24, 2.45) is 0 Å². The Morgan fingerprint density at radius 1 is 0.865 bits per heavy atom. The predicted molar refractivity (Wildman–Crippen MR) is 139 cm³/mol. The normalized spacial score (nSPS) is 11.4. The third kappa shape index (κ3) is 5.99. The summed E-state index contributed by atoms with van der Waals surface area (Å²) in [7, 11) is 1.27. The number of carbonyl (C=O) groups excluding carboxylic acids is 2.